The van der Waals surface area contributed by atoms with Gasteiger partial charge < -0.3 is 9.88 Å². The zero-order valence-corrected chi connectivity index (χ0v) is 17.7. The van der Waals surface area contributed by atoms with Crippen molar-refractivity contribution < 1.29 is 18.0 Å². The predicted octanol–water partition coefficient (Wildman–Crippen LogP) is 4.87. The van der Waals surface area contributed by atoms with Gasteiger partial charge in [-0.2, -0.15) is 18.3 Å². The highest BCUT2D eigenvalue weighted by atomic mass is 35.5. The highest BCUT2D eigenvalue weighted by molar-refractivity contribution is 6.34. The Kier molecular flexibility index (Phi) is 5.94. The molecule has 0 radical (unpaired) electrons. The van der Waals surface area contributed by atoms with E-state index in [1.807, 2.05) is 13.8 Å². The van der Waals surface area contributed by atoms with Crippen LogP contribution in [0.2, 0.25) is 5.02 Å². The lowest BCUT2D eigenvalue weighted by molar-refractivity contribution is -0.141. The van der Waals surface area contributed by atoms with E-state index in [1.54, 1.807) is 23.7 Å². The number of hydrogen-bond donors (Lipinski definition) is 1. The first-order chi connectivity index (χ1) is 14.1. The number of carbonyl (C=O) groups excluding carboxylic acids is 1. The maximum absolute atomic E-state index is 12.9. The zero-order valence-electron chi connectivity index (χ0n) is 16.9. The fraction of sp³-hybridized carbons (Fsp3) is 0.350. The van der Waals surface area contributed by atoms with Crippen molar-refractivity contribution in [1.29, 1.82) is 0 Å². The Bertz CT molecular complexity index is 1100. The molecule has 0 saturated carbocycles. The summed E-state index contributed by atoms with van der Waals surface area (Å²) in [7, 11) is 3.19. The van der Waals surface area contributed by atoms with Crippen molar-refractivity contribution in [2.45, 2.75) is 32.9 Å². The monoisotopic (exact) mass is 439 g/mol. The summed E-state index contributed by atoms with van der Waals surface area (Å²) in [6.45, 7) is 3.84. The molecule has 6 nitrogen and oxygen atoms in total. The SMILES string of the molecule is CCc1cc(-c2cc(C(F)(F)F)nn2C)ncc1NC(=O)c1c(Cl)cc(CC)n1C. The first-order valence-electron chi connectivity index (χ1n) is 9.32. The van der Waals surface area contributed by atoms with E-state index in [4.69, 9.17) is 11.6 Å². The molecule has 0 aliphatic heterocycles. The van der Waals surface area contributed by atoms with Crippen LogP contribution in [0.1, 0.15) is 41.3 Å². The van der Waals surface area contributed by atoms with Crippen LogP contribution >= 0.6 is 11.6 Å². The number of nitrogens with zero attached hydrogens (tertiary/aromatic N) is 4. The van der Waals surface area contributed by atoms with Crippen LogP contribution in [0.5, 0.6) is 0 Å². The molecule has 3 heterocycles. The summed E-state index contributed by atoms with van der Waals surface area (Å²) in [4.78, 5) is 17.0. The van der Waals surface area contributed by atoms with Crippen molar-refractivity contribution in [2.75, 3.05) is 5.32 Å². The number of hydrogen-bond acceptors (Lipinski definition) is 3. The molecule has 3 rings (SSSR count). The number of amides is 1. The van der Waals surface area contributed by atoms with Crippen LogP contribution in [-0.2, 0) is 33.1 Å². The van der Waals surface area contributed by atoms with E-state index >= 15 is 0 Å². The fourth-order valence-corrected chi connectivity index (χ4v) is 3.62. The van der Waals surface area contributed by atoms with Crippen molar-refractivity contribution in [3.05, 3.63) is 52.1 Å². The molecule has 30 heavy (non-hydrogen) atoms. The van der Waals surface area contributed by atoms with Gasteiger partial charge in [-0.25, -0.2) is 0 Å². The first-order valence-corrected chi connectivity index (χ1v) is 9.70. The molecule has 3 aromatic heterocycles. The summed E-state index contributed by atoms with van der Waals surface area (Å²) in [5.74, 6) is -0.383. The van der Waals surface area contributed by atoms with E-state index in [0.717, 1.165) is 28.4 Å². The maximum atomic E-state index is 12.9. The average molecular weight is 440 g/mol. The normalized spacial score (nSPS) is 11.7. The Balaban J connectivity index is 1.93. The summed E-state index contributed by atoms with van der Waals surface area (Å²) in [6, 6.07) is 4.35. The quantitative estimate of drug-likeness (QED) is 0.616. The standard InChI is InChI=1S/C20H21ClF3N5O/c1-5-11-7-14(16-9-17(20(22,23)24)27-29(16)4)25-10-15(11)26-19(30)18-13(21)8-12(6-2)28(18)3/h7-10H,5-6H2,1-4H3,(H,26,30). The Labute approximate surface area is 176 Å². The lowest BCUT2D eigenvalue weighted by Gasteiger charge is -2.13. The second kappa shape index (κ2) is 8.14. The topological polar surface area (TPSA) is 64.7 Å². The van der Waals surface area contributed by atoms with Gasteiger partial charge in [0.25, 0.3) is 5.91 Å². The van der Waals surface area contributed by atoms with Crippen molar-refractivity contribution in [2.24, 2.45) is 14.1 Å². The number of carbonyl (C=O) groups is 1. The van der Waals surface area contributed by atoms with Gasteiger partial charge >= 0.3 is 6.18 Å². The van der Waals surface area contributed by atoms with E-state index < -0.39 is 11.9 Å². The van der Waals surface area contributed by atoms with Crippen molar-refractivity contribution >= 4 is 23.2 Å². The number of alkyl halides is 3. The molecule has 10 heteroatoms. The Morgan fingerprint density at radius 1 is 1.17 bits per heavy atom. The summed E-state index contributed by atoms with van der Waals surface area (Å²) >= 11 is 6.23. The Hall–Kier alpha value is -2.81. The Morgan fingerprint density at radius 2 is 1.87 bits per heavy atom. The fourth-order valence-electron chi connectivity index (χ4n) is 3.28. The van der Waals surface area contributed by atoms with Crippen LogP contribution in [0.3, 0.4) is 0 Å². The van der Waals surface area contributed by atoms with E-state index in [1.165, 1.54) is 13.2 Å². The van der Waals surface area contributed by atoms with Crippen molar-refractivity contribution in [3.63, 3.8) is 0 Å². The summed E-state index contributed by atoms with van der Waals surface area (Å²) < 4.78 is 41.7. The predicted molar refractivity (Wildman–Crippen MR) is 109 cm³/mol. The highest BCUT2D eigenvalue weighted by Gasteiger charge is 2.35. The van der Waals surface area contributed by atoms with Crippen molar-refractivity contribution in [3.8, 4) is 11.4 Å². The summed E-state index contributed by atoms with van der Waals surface area (Å²) in [5, 5.41) is 6.68. The molecule has 1 N–H and O–H groups in total. The molecule has 0 aliphatic rings. The number of aromatic nitrogens is 4. The molecule has 0 spiro atoms. The van der Waals surface area contributed by atoms with Gasteiger partial charge in [0.05, 0.1) is 28.3 Å². The zero-order chi connectivity index (χ0) is 22.2. The number of nitrogens with one attached hydrogen (secondary N) is 1. The van der Waals surface area contributed by atoms with Gasteiger partial charge in [0.2, 0.25) is 0 Å². The van der Waals surface area contributed by atoms with Gasteiger partial charge in [-0.3, -0.25) is 14.5 Å². The van der Waals surface area contributed by atoms with Gasteiger partial charge in [0, 0.05) is 19.8 Å². The molecule has 160 valence electrons. The molecule has 0 saturated heterocycles. The minimum atomic E-state index is -4.54. The van der Waals surface area contributed by atoms with Gasteiger partial charge in [-0.15, -0.1) is 0 Å². The second-order valence-corrected chi connectivity index (χ2v) is 7.22. The van der Waals surface area contributed by atoms with E-state index in [9.17, 15) is 18.0 Å². The molecule has 0 aromatic carbocycles. The molecule has 0 aliphatic carbocycles. The molecule has 1 amide bonds. The van der Waals surface area contributed by atoms with Gasteiger partial charge in [0.15, 0.2) is 5.69 Å². The van der Waals surface area contributed by atoms with Crippen LogP contribution in [-0.4, -0.2) is 25.2 Å². The molecule has 0 unspecified atom stereocenters. The van der Waals surface area contributed by atoms with Crippen LogP contribution in [0.25, 0.3) is 11.4 Å². The van der Waals surface area contributed by atoms with E-state index in [-0.39, 0.29) is 11.6 Å². The Morgan fingerprint density at radius 3 is 2.40 bits per heavy atom. The van der Waals surface area contributed by atoms with E-state index in [0.29, 0.717) is 28.5 Å². The lowest BCUT2D eigenvalue weighted by atomic mass is 10.1. The number of rotatable bonds is 5. The third kappa shape index (κ3) is 4.07. The van der Waals surface area contributed by atoms with Crippen LogP contribution in [0, 0.1) is 0 Å². The molecule has 0 bridgehead atoms. The van der Waals surface area contributed by atoms with Gasteiger partial charge in [0.1, 0.15) is 5.69 Å². The summed E-state index contributed by atoms with van der Waals surface area (Å²) in [6.07, 6.45) is -1.84. The molecular weight excluding hydrogens is 419 g/mol. The van der Waals surface area contributed by atoms with Crippen LogP contribution in [0.4, 0.5) is 18.9 Å². The molecule has 0 atom stereocenters. The van der Waals surface area contributed by atoms with E-state index in [2.05, 4.69) is 15.4 Å². The van der Waals surface area contributed by atoms with Crippen LogP contribution < -0.4 is 5.32 Å². The third-order valence-corrected chi connectivity index (χ3v) is 5.20. The molecule has 0 fully saturated rings. The minimum absolute atomic E-state index is 0.230. The van der Waals surface area contributed by atoms with Gasteiger partial charge in [-0.05, 0) is 36.6 Å². The third-order valence-electron chi connectivity index (χ3n) is 4.91. The number of aryl methyl sites for hydroxylation is 3. The highest BCUT2D eigenvalue weighted by Crippen LogP contribution is 2.32. The van der Waals surface area contributed by atoms with Crippen molar-refractivity contribution in [1.82, 2.24) is 19.3 Å². The van der Waals surface area contributed by atoms with Gasteiger partial charge in [-0.1, -0.05) is 25.4 Å². The molecular formula is C20H21ClF3N5O. The molecule has 3 aromatic rings. The number of pyridine rings is 1. The largest absolute Gasteiger partial charge is 0.435 e. The summed E-state index contributed by atoms with van der Waals surface area (Å²) in [5.41, 5.74) is 2.03. The average Bonchev–Trinajstić information content (AvgIpc) is 3.21. The lowest BCUT2D eigenvalue weighted by Crippen LogP contribution is -2.18. The smallest absolute Gasteiger partial charge is 0.342 e. The second-order valence-electron chi connectivity index (χ2n) is 6.82. The maximum Gasteiger partial charge on any atom is 0.435 e. The first kappa shape index (κ1) is 21.9. The minimum Gasteiger partial charge on any atom is -0.342 e. The number of halogens is 4. The number of anilines is 1. The van der Waals surface area contributed by atoms with Crippen LogP contribution in [0.15, 0.2) is 24.4 Å².